The van der Waals surface area contributed by atoms with Crippen LogP contribution in [0.2, 0.25) is 0 Å². The summed E-state index contributed by atoms with van der Waals surface area (Å²) >= 11 is 6.69. The maximum Gasteiger partial charge on any atom is 0.256 e. The summed E-state index contributed by atoms with van der Waals surface area (Å²) in [5.41, 5.74) is 1.79. The molecule has 106 valence electrons. The summed E-state index contributed by atoms with van der Waals surface area (Å²) < 4.78 is 1.12. The lowest BCUT2D eigenvalue weighted by molar-refractivity contribution is 0.243. The molecular formula is C13H14BrN3OS2. The zero-order valence-electron chi connectivity index (χ0n) is 11.0. The highest BCUT2D eigenvalue weighted by molar-refractivity contribution is 9.10. The monoisotopic (exact) mass is 371 g/mol. The minimum absolute atomic E-state index is 0.0106. The molecular weight excluding hydrogens is 358 g/mol. The normalized spacial score (nSPS) is 15.3. The van der Waals surface area contributed by atoms with Gasteiger partial charge in [0.15, 0.2) is 5.16 Å². The topological polar surface area (TPSA) is 49.0 Å². The van der Waals surface area contributed by atoms with Gasteiger partial charge in [-0.1, -0.05) is 11.8 Å². The second-order valence-electron chi connectivity index (χ2n) is 4.69. The number of aromatic amines is 1. The van der Waals surface area contributed by atoms with Crippen LogP contribution in [0.15, 0.2) is 25.9 Å². The number of H-pyrrole nitrogens is 1. The first-order valence-corrected chi connectivity index (χ1v) is 9.17. The molecule has 1 N–H and O–H groups in total. The molecule has 0 radical (unpaired) electrons. The van der Waals surface area contributed by atoms with Gasteiger partial charge in [-0.05, 0) is 28.3 Å². The third-order valence-electron chi connectivity index (χ3n) is 3.32. The van der Waals surface area contributed by atoms with Gasteiger partial charge in [0.2, 0.25) is 0 Å². The van der Waals surface area contributed by atoms with Crippen molar-refractivity contribution in [3.05, 3.63) is 42.4 Å². The van der Waals surface area contributed by atoms with Crippen LogP contribution in [-0.4, -0.2) is 27.7 Å². The number of thioether (sulfide) groups is 1. The number of aromatic nitrogens is 2. The lowest BCUT2D eigenvalue weighted by Gasteiger charge is -2.27. The fraction of sp³-hybridized carbons (Fsp3) is 0.385. The van der Waals surface area contributed by atoms with Gasteiger partial charge in [-0.25, -0.2) is 4.98 Å². The summed E-state index contributed by atoms with van der Waals surface area (Å²) in [4.78, 5) is 23.1. The Kier molecular flexibility index (Phi) is 4.30. The highest BCUT2D eigenvalue weighted by Crippen LogP contribution is 2.23. The van der Waals surface area contributed by atoms with Crippen LogP contribution in [0.25, 0.3) is 0 Å². The van der Waals surface area contributed by atoms with E-state index >= 15 is 0 Å². The van der Waals surface area contributed by atoms with Crippen LogP contribution >= 0.6 is 39.0 Å². The summed E-state index contributed by atoms with van der Waals surface area (Å²) in [6.45, 7) is 2.52. The molecule has 0 saturated heterocycles. The molecule has 7 heteroatoms. The standard InChI is InChI=1S/C13H14BrN3OS2/c1-19-13-15-11-2-3-17(6-10(11)12(18)16-13)5-9-4-8(14)7-20-9/h4,7H,2-3,5-6H2,1H3,(H,15,16,18). The van der Waals surface area contributed by atoms with E-state index in [0.29, 0.717) is 11.7 Å². The first-order chi connectivity index (χ1) is 9.65. The van der Waals surface area contributed by atoms with Gasteiger partial charge in [0, 0.05) is 40.8 Å². The van der Waals surface area contributed by atoms with Gasteiger partial charge < -0.3 is 4.98 Å². The number of hydrogen-bond donors (Lipinski definition) is 1. The zero-order valence-corrected chi connectivity index (χ0v) is 14.2. The molecule has 3 heterocycles. The average molecular weight is 372 g/mol. The Morgan fingerprint density at radius 2 is 2.45 bits per heavy atom. The fourth-order valence-electron chi connectivity index (χ4n) is 2.35. The molecule has 0 aromatic carbocycles. The minimum Gasteiger partial charge on any atom is -0.301 e. The second kappa shape index (κ2) is 6.01. The van der Waals surface area contributed by atoms with Crippen LogP contribution in [0.1, 0.15) is 16.1 Å². The summed E-state index contributed by atoms with van der Waals surface area (Å²) in [5, 5.41) is 2.80. The molecule has 0 atom stereocenters. The summed E-state index contributed by atoms with van der Waals surface area (Å²) in [6.07, 6.45) is 2.77. The third-order valence-corrected chi connectivity index (χ3v) is 5.58. The predicted octanol–water partition coefficient (Wildman–Crippen LogP) is 2.87. The Labute approximate surface area is 133 Å². The molecule has 0 fully saturated rings. The number of nitrogens with one attached hydrogen (secondary N) is 1. The van der Waals surface area contributed by atoms with Gasteiger partial charge in [0.25, 0.3) is 5.56 Å². The zero-order chi connectivity index (χ0) is 14.1. The van der Waals surface area contributed by atoms with Crippen molar-refractivity contribution >= 4 is 39.0 Å². The van der Waals surface area contributed by atoms with E-state index in [-0.39, 0.29) is 5.56 Å². The van der Waals surface area contributed by atoms with Gasteiger partial charge in [-0.15, -0.1) is 11.3 Å². The molecule has 20 heavy (non-hydrogen) atoms. The summed E-state index contributed by atoms with van der Waals surface area (Å²) in [6, 6.07) is 2.14. The Hall–Kier alpha value is -0.630. The van der Waals surface area contributed by atoms with Crippen molar-refractivity contribution in [2.45, 2.75) is 24.7 Å². The van der Waals surface area contributed by atoms with E-state index in [1.807, 2.05) is 6.26 Å². The van der Waals surface area contributed by atoms with Crippen molar-refractivity contribution in [1.29, 1.82) is 0 Å². The third kappa shape index (κ3) is 3.00. The Morgan fingerprint density at radius 3 is 3.15 bits per heavy atom. The highest BCUT2D eigenvalue weighted by atomic mass is 79.9. The van der Waals surface area contributed by atoms with E-state index in [0.717, 1.165) is 35.2 Å². The maximum absolute atomic E-state index is 12.1. The molecule has 0 saturated carbocycles. The average Bonchev–Trinajstić information content (AvgIpc) is 2.84. The quantitative estimate of drug-likeness (QED) is 0.665. The Morgan fingerprint density at radius 1 is 1.60 bits per heavy atom. The van der Waals surface area contributed by atoms with Crippen molar-refractivity contribution in [3.8, 4) is 0 Å². The molecule has 0 aliphatic carbocycles. The summed E-state index contributed by atoms with van der Waals surface area (Å²) in [5.74, 6) is 0. The van der Waals surface area contributed by atoms with Crippen LogP contribution in [0.4, 0.5) is 0 Å². The first kappa shape index (κ1) is 14.3. The van der Waals surface area contributed by atoms with Gasteiger partial charge in [0.1, 0.15) is 0 Å². The number of thiophene rings is 1. The van der Waals surface area contributed by atoms with Gasteiger partial charge in [-0.2, -0.15) is 0 Å². The molecule has 4 nitrogen and oxygen atoms in total. The number of hydrogen-bond acceptors (Lipinski definition) is 5. The largest absolute Gasteiger partial charge is 0.301 e. The molecule has 0 bridgehead atoms. The van der Waals surface area contributed by atoms with E-state index in [4.69, 9.17) is 0 Å². The molecule has 2 aromatic rings. The van der Waals surface area contributed by atoms with Crippen LogP contribution in [0.3, 0.4) is 0 Å². The predicted molar refractivity (Wildman–Crippen MR) is 86.5 cm³/mol. The molecule has 1 aliphatic heterocycles. The van der Waals surface area contributed by atoms with Crippen molar-refractivity contribution < 1.29 is 0 Å². The van der Waals surface area contributed by atoms with Crippen molar-refractivity contribution in [2.75, 3.05) is 12.8 Å². The van der Waals surface area contributed by atoms with E-state index in [9.17, 15) is 4.79 Å². The number of halogens is 1. The van der Waals surface area contributed by atoms with Gasteiger partial charge in [-0.3, -0.25) is 9.69 Å². The number of nitrogens with zero attached hydrogens (tertiary/aromatic N) is 2. The van der Waals surface area contributed by atoms with Crippen LogP contribution in [0, 0.1) is 0 Å². The van der Waals surface area contributed by atoms with Crippen LogP contribution in [0.5, 0.6) is 0 Å². The molecule has 0 spiro atoms. The van der Waals surface area contributed by atoms with E-state index in [1.54, 1.807) is 11.3 Å². The lowest BCUT2D eigenvalue weighted by atomic mass is 10.1. The van der Waals surface area contributed by atoms with E-state index in [2.05, 4.69) is 42.2 Å². The van der Waals surface area contributed by atoms with Crippen LogP contribution in [-0.2, 0) is 19.5 Å². The van der Waals surface area contributed by atoms with Gasteiger partial charge in [0.05, 0.1) is 11.3 Å². The molecule has 3 rings (SSSR count). The first-order valence-electron chi connectivity index (χ1n) is 6.27. The minimum atomic E-state index is 0.0106. The highest BCUT2D eigenvalue weighted by Gasteiger charge is 2.21. The number of fused-ring (bicyclic) bond motifs is 1. The van der Waals surface area contributed by atoms with E-state index < -0.39 is 0 Å². The van der Waals surface area contributed by atoms with Crippen molar-refractivity contribution in [3.63, 3.8) is 0 Å². The smallest absolute Gasteiger partial charge is 0.256 e. The second-order valence-corrected chi connectivity index (χ2v) is 7.40. The number of rotatable bonds is 3. The summed E-state index contributed by atoms with van der Waals surface area (Å²) in [7, 11) is 0. The van der Waals surface area contributed by atoms with Crippen molar-refractivity contribution in [2.24, 2.45) is 0 Å². The lowest BCUT2D eigenvalue weighted by Crippen LogP contribution is -2.35. The maximum atomic E-state index is 12.1. The Balaban J connectivity index is 1.80. The Bertz CT molecular complexity index is 682. The molecule has 0 unspecified atom stereocenters. The SMILES string of the molecule is CSc1nc2c(c(=O)[nH]1)CN(Cc1cc(Br)cs1)CC2. The van der Waals surface area contributed by atoms with Gasteiger partial charge >= 0.3 is 0 Å². The fourth-order valence-corrected chi connectivity index (χ4v) is 4.24. The van der Waals surface area contributed by atoms with E-state index in [1.165, 1.54) is 16.6 Å². The molecule has 0 amide bonds. The molecule has 1 aliphatic rings. The van der Waals surface area contributed by atoms with Crippen LogP contribution < -0.4 is 5.56 Å². The van der Waals surface area contributed by atoms with Crippen molar-refractivity contribution in [1.82, 2.24) is 14.9 Å². The molecule has 2 aromatic heterocycles.